The summed E-state index contributed by atoms with van der Waals surface area (Å²) in [5.74, 6) is -0.163. The highest BCUT2D eigenvalue weighted by atomic mass is 19.1. The molecule has 9 heteroatoms. The third-order valence-corrected chi connectivity index (χ3v) is 2.76. The zero-order valence-electron chi connectivity index (χ0n) is 9.23. The summed E-state index contributed by atoms with van der Waals surface area (Å²) in [6, 6.07) is 0. The van der Waals surface area contributed by atoms with Gasteiger partial charge in [0.2, 0.25) is 0 Å². The molecule has 1 aromatic rings. The number of hydrogen-bond donors (Lipinski definition) is 4. The van der Waals surface area contributed by atoms with E-state index in [1.165, 1.54) is 0 Å². The van der Waals surface area contributed by atoms with Gasteiger partial charge in [0.25, 0.3) is 0 Å². The molecule has 2 heterocycles. The number of alkyl halides is 1. The zero-order valence-corrected chi connectivity index (χ0v) is 9.23. The average Bonchev–Trinajstić information content (AvgIpc) is 2.61. The van der Waals surface area contributed by atoms with Crippen molar-refractivity contribution in [3.8, 4) is 0 Å². The smallest absolute Gasteiger partial charge is 0.351 e. The van der Waals surface area contributed by atoms with Crippen LogP contribution in [0.2, 0.25) is 0 Å². The fourth-order valence-electron chi connectivity index (χ4n) is 1.76. The van der Waals surface area contributed by atoms with Crippen LogP contribution in [0.3, 0.4) is 0 Å². The van der Waals surface area contributed by atoms with E-state index in [-0.39, 0.29) is 11.5 Å². The molecule has 8 nitrogen and oxygen atoms in total. The molecule has 0 aromatic carbocycles. The minimum absolute atomic E-state index is 0.00709. The molecule has 0 aliphatic carbocycles. The van der Waals surface area contributed by atoms with Crippen LogP contribution in [0, 0.1) is 0 Å². The molecule has 0 radical (unpaired) electrons. The first-order valence-electron chi connectivity index (χ1n) is 5.18. The number of nitrogens with zero attached hydrogens (tertiary/aromatic N) is 2. The number of halogens is 1. The second-order valence-corrected chi connectivity index (χ2v) is 3.95. The third-order valence-electron chi connectivity index (χ3n) is 2.76. The molecule has 18 heavy (non-hydrogen) atoms. The number of aliphatic hydroxyl groups is 2. The van der Waals surface area contributed by atoms with Crippen molar-refractivity contribution in [2.75, 3.05) is 18.1 Å². The van der Waals surface area contributed by atoms with Gasteiger partial charge in [-0.05, 0) is 0 Å². The summed E-state index contributed by atoms with van der Waals surface area (Å²) in [6.07, 6.45) is -4.79. The SMILES string of the molecule is Nc1cn([C@@H]2O[C@H](CO)[C@@H](O)[C@@H]2F)c(=O)nc1N. The number of nitrogens with two attached hydrogens (primary N) is 2. The average molecular weight is 260 g/mol. The Labute approximate surface area is 101 Å². The second-order valence-electron chi connectivity index (χ2n) is 3.95. The van der Waals surface area contributed by atoms with Gasteiger partial charge >= 0.3 is 5.69 Å². The van der Waals surface area contributed by atoms with Gasteiger partial charge in [0, 0.05) is 6.20 Å². The number of anilines is 2. The van der Waals surface area contributed by atoms with E-state index in [4.69, 9.17) is 21.3 Å². The second kappa shape index (κ2) is 4.52. The third kappa shape index (κ3) is 1.92. The number of aliphatic hydroxyl groups excluding tert-OH is 2. The summed E-state index contributed by atoms with van der Waals surface area (Å²) in [5, 5.41) is 18.3. The number of ether oxygens (including phenoxy) is 1. The van der Waals surface area contributed by atoms with Crippen molar-refractivity contribution in [2.45, 2.75) is 24.6 Å². The fourth-order valence-corrected chi connectivity index (χ4v) is 1.76. The number of rotatable bonds is 2. The Morgan fingerprint density at radius 3 is 2.78 bits per heavy atom. The largest absolute Gasteiger partial charge is 0.395 e. The van der Waals surface area contributed by atoms with Crippen LogP contribution in [0.1, 0.15) is 6.23 Å². The Morgan fingerprint density at radius 2 is 2.22 bits per heavy atom. The Morgan fingerprint density at radius 1 is 1.56 bits per heavy atom. The minimum Gasteiger partial charge on any atom is -0.395 e. The Hall–Kier alpha value is -1.71. The quantitative estimate of drug-likeness (QED) is 0.482. The van der Waals surface area contributed by atoms with Gasteiger partial charge in [-0.1, -0.05) is 0 Å². The zero-order chi connectivity index (χ0) is 13.4. The molecule has 6 N–H and O–H groups in total. The van der Waals surface area contributed by atoms with Gasteiger partial charge in [-0.3, -0.25) is 4.57 Å². The van der Waals surface area contributed by atoms with Crippen LogP contribution in [0.15, 0.2) is 11.0 Å². The fraction of sp³-hybridized carbons (Fsp3) is 0.556. The molecule has 1 aliphatic rings. The molecule has 1 fully saturated rings. The Balaban J connectivity index is 2.39. The van der Waals surface area contributed by atoms with E-state index in [9.17, 15) is 14.3 Å². The van der Waals surface area contributed by atoms with Crippen LogP contribution in [0.25, 0.3) is 0 Å². The maximum atomic E-state index is 13.8. The molecule has 0 amide bonds. The Kier molecular flexibility index (Phi) is 3.20. The van der Waals surface area contributed by atoms with Gasteiger partial charge in [-0.2, -0.15) is 4.98 Å². The maximum absolute atomic E-state index is 13.8. The first kappa shape index (κ1) is 12.7. The topological polar surface area (TPSA) is 137 Å². The van der Waals surface area contributed by atoms with E-state index in [0.29, 0.717) is 0 Å². The molecular formula is C9H13FN4O4. The van der Waals surface area contributed by atoms with Crippen molar-refractivity contribution in [3.05, 3.63) is 16.7 Å². The molecule has 2 rings (SSSR count). The van der Waals surface area contributed by atoms with Gasteiger partial charge in [-0.25, -0.2) is 9.18 Å². The van der Waals surface area contributed by atoms with E-state index < -0.39 is 36.9 Å². The van der Waals surface area contributed by atoms with E-state index in [2.05, 4.69) is 4.98 Å². The summed E-state index contributed by atoms with van der Waals surface area (Å²) >= 11 is 0. The molecule has 4 atom stereocenters. The first-order chi connectivity index (χ1) is 8.45. The molecule has 1 aromatic heterocycles. The van der Waals surface area contributed by atoms with Crippen molar-refractivity contribution in [1.29, 1.82) is 0 Å². The highest BCUT2D eigenvalue weighted by Gasteiger charge is 2.45. The maximum Gasteiger partial charge on any atom is 0.351 e. The molecule has 100 valence electrons. The molecule has 0 bridgehead atoms. The van der Waals surface area contributed by atoms with Crippen LogP contribution in [-0.4, -0.2) is 44.8 Å². The van der Waals surface area contributed by atoms with E-state index in [0.717, 1.165) is 10.8 Å². The lowest BCUT2D eigenvalue weighted by molar-refractivity contribution is -0.0490. The van der Waals surface area contributed by atoms with Crippen molar-refractivity contribution in [2.24, 2.45) is 0 Å². The summed E-state index contributed by atoms with van der Waals surface area (Å²) in [7, 11) is 0. The standard InChI is InChI=1S/C9H13FN4O4/c10-5-6(16)4(2-15)18-8(5)14-1-3(11)7(12)13-9(14)17/h1,4-6,8,15-16H,2,11H2,(H2,12,13,17)/t4-,5+,6-,8-/m1/s1. The van der Waals surface area contributed by atoms with E-state index in [1.54, 1.807) is 0 Å². The van der Waals surface area contributed by atoms with Crippen molar-refractivity contribution >= 4 is 11.5 Å². The van der Waals surface area contributed by atoms with Gasteiger partial charge in [0.05, 0.1) is 12.3 Å². The molecule has 1 saturated heterocycles. The van der Waals surface area contributed by atoms with E-state index in [1.807, 2.05) is 0 Å². The van der Waals surface area contributed by atoms with Crippen LogP contribution in [0.4, 0.5) is 15.9 Å². The van der Waals surface area contributed by atoms with E-state index >= 15 is 0 Å². The molecule has 0 unspecified atom stereocenters. The molecule has 1 aliphatic heterocycles. The first-order valence-corrected chi connectivity index (χ1v) is 5.18. The summed E-state index contributed by atoms with van der Waals surface area (Å²) in [5.41, 5.74) is 9.94. The van der Waals surface area contributed by atoms with Gasteiger partial charge < -0.3 is 26.4 Å². The number of aromatic nitrogens is 2. The van der Waals surface area contributed by atoms with Crippen molar-refractivity contribution < 1.29 is 19.3 Å². The summed E-state index contributed by atoms with van der Waals surface area (Å²) in [4.78, 5) is 14.9. The van der Waals surface area contributed by atoms with Crippen LogP contribution >= 0.6 is 0 Å². The van der Waals surface area contributed by atoms with Gasteiger partial charge in [0.1, 0.15) is 12.2 Å². The monoisotopic (exact) mass is 260 g/mol. The molecular weight excluding hydrogens is 247 g/mol. The van der Waals surface area contributed by atoms with Crippen molar-refractivity contribution in [1.82, 2.24) is 9.55 Å². The van der Waals surface area contributed by atoms with Crippen molar-refractivity contribution in [3.63, 3.8) is 0 Å². The lowest BCUT2D eigenvalue weighted by atomic mass is 10.1. The van der Waals surface area contributed by atoms with Crippen LogP contribution < -0.4 is 17.2 Å². The number of nitrogen functional groups attached to an aromatic ring is 2. The molecule has 0 spiro atoms. The lowest BCUT2D eigenvalue weighted by Crippen LogP contribution is -2.34. The van der Waals surface area contributed by atoms with Crippen LogP contribution in [-0.2, 0) is 4.74 Å². The van der Waals surface area contributed by atoms with Gasteiger partial charge in [-0.15, -0.1) is 0 Å². The normalized spacial score (nSPS) is 31.7. The Bertz CT molecular complexity index is 508. The predicted molar refractivity (Wildman–Crippen MR) is 59.2 cm³/mol. The number of hydrogen-bond acceptors (Lipinski definition) is 7. The van der Waals surface area contributed by atoms with Crippen LogP contribution in [0.5, 0.6) is 0 Å². The highest BCUT2D eigenvalue weighted by Crippen LogP contribution is 2.31. The summed E-state index contributed by atoms with van der Waals surface area (Å²) < 4.78 is 19.6. The molecule has 0 saturated carbocycles. The highest BCUT2D eigenvalue weighted by molar-refractivity contribution is 5.55. The summed E-state index contributed by atoms with van der Waals surface area (Å²) in [6.45, 7) is -0.565. The lowest BCUT2D eigenvalue weighted by Gasteiger charge is -2.16. The van der Waals surface area contributed by atoms with Gasteiger partial charge in [0.15, 0.2) is 18.2 Å². The minimum atomic E-state index is -1.87. The predicted octanol–water partition coefficient (Wildman–Crippen LogP) is -2.00.